The van der Waals surface area contributed by atoms with Gasteiger partial charge in [0.15, 0.2) is 5.65 Å². The minimum absolute atomic E-state index is 0.137. The lowest BCUT2D eigenvalue weighted by molar-refractivity contribution is -0.190. The maximum Gasteiger partial charge on any atom is 0.491 e. The number of aryl methyl sites for hydroxylation is 3. The number of hydrogen-bond acceptors (Lipinski definition) is 6. The molecule has 5 heterocycles. The Hall–Kier alpha value is -3.47. The highest BCUT2D eigenvalue weighted by Gasteiger charge is 2.42. The first-order chi connectivity index (χ1) is 16.1. The van der Waals surface area contributed by atoms with Crippen LogP contribution in [0.15, 0.2) is 24.5 Å². The number of hydrogen-bond donors (Lipinski definition) is 1. The number of carbonyl (C=O) groups excluding carboxylic acids is 1. The highest BCUT2D eigenvalue weighted by atomic mass is 19.4. The number of esters is 1. The number of nitrogens with one attached hydrogen (secondary N) is 1. The van der Waals surface area contributed by atoms with Gasteiger partial charge in [-0.15, -0.1) is 0 Å². The second kappa shape index (κ2) is 8.08. The molecule has 1 aliphatic rings. The highest BCUT2D eigenvalue weighted by Crippen LogP contribution is 2.30. The summed E-state index contributed by atoms with van der Waals surface area (Å²) in [4.78, 5) is 20.5. The summed E-state index contributed by atoms with van der Waals surface area (Å²) in [5.41, 5.74) is 5.25. The fraction of sp³-hybridized carbons (Fsp3) is 0.391. The maximum atomic E-state index is 12.8. The molecule has 4 aromatic heterocycles. The second-order valence-corrected chi connectivity index (χ2v) is 8.67. The van der Waals surface area contributed by atoms with Gasteiger partial charge in [0.05, 0.1) is 11.4 Å². The largest absolute Gasteiger partial charge is 0.491 e. The van der Waals surface area contributed by atoms with E-state index in [0.29, 0.717) is 22.8 Å². The Kier molecular flexibility index (Phi) is 5.31. The number of halogens is 3. The van der Waals surface area contributed by atoms with E-state index in [-0.39, 0.29) is 11.6 Å². The monoisotopic (exact) mass is 472 g/mol. The smallest absolute Gasteiger partial charge is 0.399 e. The van der Waals surface area contributed by atoms with Crippen molar-refractivity contribution in [2.45, 2.75) is 45.7 Å². The number of ether oxygens (including phenoxy) is 1. The number of nitrogens with zero attached hydrogens (tertiary/aromatic N) is 5. The van der Waals surface area contributed by atoms with Gasteiger partial charge in [-0.05, 0) is 70.0 Å². The van der Waals surface area contributed by atoms with Gasteiger partial charge in [-0.1, -0.05) is 0 Å². The van der Waals surface area contributed by atoms with Crippen LogP contribution in [-0.4, -0.2) is 49.2 Å². The molecule has 0 bridgehead atoms. The molecule has 11 heteroatoms. The Labute approximate surface area is 192 Å². The first-order valence-corrected chi connectivity index (χ1v) is 11.0. The van der Waals surface area contributed by atoms with Crippen LogP contribution >= 0.6 is 0 Å². The van der Waals surface area contributed by atoms with Crippen molar-refractivity contribution in [3.63, 3.8) is 0 Å². The van der Waals surface area contributed by atoms with E-state index in [2.05, 4.69) is 20.1 Å². The van der Waals surface area contributed by atoms with E-state index in [9.17, 15) is 18.0 Å². The summed E-state index contributed by atoms with van der Waals surface area (Å²) in [7, 11) is 0. The van der Waals surface area contributed by atoms with Crippen molar-refractivity contribution in [3.05, 3.63) is 47.0 Å². The summed E-state index contributed by atoms with van der Waals surface area (Å²) in [6, 6.07) is 3.75. The van der Waals surface area contributed by atoms with Crippen LogP contribution < -0.4 is 10.1 Å². The van der Waals surface area contributed by atoms with Crippen LogP contribution in [-0.2, 0) is 4.79 Å². The fourth-order valence-electron chi connectivity index (χ4n) is 4.40. The number of aromatic nitrogens is 5. The number of piperidine rings is 1. The topological polar surface area (TPSA) is 85.8 Å². The first kappa shape index (κ1) is 22.3. The van der Waals surface area contributed by atoms with Crippen LogP contribution in [0.2, 0.25) is 0 Å². The molecular formula is C23H23F3N6O2. The van der Waals surface area contributed by atoms with Gasteiger partial charge in [0.2, 0.25) is 5.88 Å². The molecule has 1 fully saturated rings. The number of imidazole rings is 2. The quantitative estimate of drug-likeness (QED) is 0.455. The summed E-state index contributed by atoms with van der Waals surface area (Å²) < 4.78 is 46.1. The molecule has 5 rings (SSSR count). The van der Waals surface area contributed by atoms with Crippen molar-refractivity contribution in [3.8, 4) is 17.1 Å². The van der Waals surface area contributed by atoms with E-state index in [1.54, 1.807) is 6.92 Å². The van der Waals surface area contributed by atoms with E-state index in [1.165, 1.54) is 6.92 Å². The van der Waals surface area contributed by atoms with E-state index >= 15 is 0 Å². The summed E-state index contributed by atoms with van der Waals surface area (Å²) in [5.74, 6) is -2.26. The zero-order valence-electron chi connectivity index (χ0n) is 18.9. The number of fused-ring (bicyclic) bond motifs is 2. The molecule has 0 unspecified atom stereocenters. The summed E-state index contributed by atoms with van der Waals surface area (Å²) in [5, 5.41) is 7.84. The van der Waals surface area contributed by atoms with Crippen molar-refractivity contribution >= 4 is 17.3 Å². The van der Waals surface area contributed by atoms with Crippen LogP contribution in [0.25, 0.3) is 22.6 Å². The Morgan fingerprint density at radius 2 is 1.76 bits per heavy atom. The molecule has 0 saturated carbocycles. The number of carbonyl (C=O) groups is 1. The number of pyridine rings is 1. The zero-order valence-corrected chi connectivity index (χ0v) is 18.9. The van der Waals surface area contributed by atoms with Gasteiger partial charge in [-0.2, -0.15) is 22.8 Å². The van der Waals surface area contributed by atoms with Gasteiger partial charge in [0.25, 0.3) is 0 Å². The lowest BCUT2D eigenvalue weighted by Crippen LogP contribution is -2.28. The maximum absolute atomic E-state index is 12.8. The SMILES string of the molecule is Cc1nc2c(C)cc(-c3cc(C)c4nc(C5CCNCC5)cn4c3)nn2c1OC(=O)C(F)(F)F. The fourth-order valence-corrected chi connectivity index (χ4v) is 4.40. The Balaban J connectivity index is 1.58. The molecule has 8 nitrogen and oxygen atoms in total. The molecule has 178 valence electrons. The zero-order chi connectivity index (χ0) is 24.2. The van der Waals surface area contributed by atoms with Gasteiger partial charge in [0, 0.05) is 23.9 Å². The van der Waals surface area contributed by atoms with Gasteiger partial charge in [-0.3, -0.25) is 0 Å². The van der Waals surface area contributed by atoms with Crippen LogP contribution in [0.5, 0.6) is 5.88 Å². The molecule has 0 aliphatic carbocycles. The Morgan fingerprint density at radius 1 is 1.06 bits per heavy atom. The Morgan fingerprint density at radius 3 is 2.47 bits per heavy atom. The molecule has 4 aromatic rings. The van der Waals surface area contributed by atoms with Crippen LogP contribution in [0.3, 0.4) is 0 Å². The molecule has 1 saturated heterocycles. The van der Waals surface area contributed by atoms with Crippen molar-refractivity contribution in [2.24, 2.45) is 0 Å². The van der Waals surface area contributed by atoms with Gasteiger partial charge >= 0.3 is 12.1 Å². The van der Waals surface area contributed by atoms with Crippen molar-refractivity contribution in [1.29, 1.82) is 0 Å². The van der Waals surface area contributed by atoms with Crippen molar-refractivity contribution < 1.29 is 22.7 Å². The second-order valence-electron chi connectivity index (χ2n) is 8.67. The van der Waals surface area contributed by atoms with E-state index in [4.69, 9.17) is 4.98 Å². The first-order valence-electron chi connectivity index (χ1n) is 11.0. The summed E-state index contributed by atoms with van der Waals surface area (Å²) in [6.45, 7) is 7.15. The third-order valence-electron chi connectivity index (χ3n) is 6.12. The standard InChI is InChI=1S/C23H23F3N6O2/c1-12-8-16(10-31-11-18(29-19(12)31)15-4-6-27-7-5-15)17-9-13(2)20-28-14(3)21(32(20)30-17)34-22(33)23(24,25)26/h8-11,15,27H,4-7H2,1-3H3. The highest BCUT2D eigenvalue weighted by molar-refractivity contribution is 5.78. The third kappa shape index (κ3) is 3.89. The normalized spacial score (nSPS) is 15.4. The molecule has 0 spiro atoms. The van der Waals surface area contributed by atoms with Crippen LogP contribution in [0, 0.1) is 20.8 Å². The Bertz CT molecular complexity index is 1420. The van der Waals surface area contributed by atoms with E-state index in [0.717, 1.165) is 52.9 Å². The van der Waals surface area contributed by atoms with Gasteiger partial charge in [-0.25, -0.2) is 14.8 Å². The molecule has 0 atom stereocenters. The lowest BCUT2D eigenvalue weighted by atomic mass is 9.95. The molecule has 1 N–H and O–H groups in total. The van der Waals surface area contributed by atoms with E-state index in [1.807, 2.05) is 35.9 Å². The summed E-state index contributed by atoms with van der Waals surface area (Å²) in [6.07, 6.45) is 0.877. The minimum Gasteiger partial charge on any atom is -0.399 e. The van der Waals surface area contributed by atoms with Crippen LogP contribution in [0.1, 0.15) is 41.3 Å². The van der Waals surface area contributed by atoms with Gasteiger partial charge in [0.1, 0.15) is 11.3 Å². The van der Waals surface area contributed by atoms with Crippen LogP contribution in [0.4, 0.5) is 13.2 Å². The average Bonchev–Trinajstić information content (AvgIpc) is 3.36. The molecular weight excluding hydrogens is 449 g/mol. The average molecular weight is 472 g/mol. The number of rotatable bonds is 3. The molecule has 0 amide bonds. The molecule has 0 radical (unpaired) electrons. The number of alkyl halides is 3. The molecule has 34 heavy (non-hydrogen) atoms. The molecule has 1 aliphatic heterocycles. The summed E-state index contributed by atoms with van der Waals surface area (Å²) >= 11 is 0. The van der Waals surface area contributed by atoms with Gasteiger partial charge < -0.3 is 14.5 Å². The van der Waals surface area contributed by atoms with Crippen molar-refractivity contribution in [2.75, 3.05) is 13.1 Å². The lowest BCUT2D eigenvalue weighted by Gasteiger charge is -2.20. The van der Waals surface area contributed by atoms with E-state index < -0.39 is 12.1 Å². The minimum atomic E-state index is -5.13. The molecule has 0 aromatic carbocycles. The predicted molar refractivity (Wildman–Crippen MR) is 118 cm³/mol. The van der Waals surface area contributed by atoms with Crippen molar-refractivity contribution in [1.82, 2.24) is 29.3 Å². The predicted octanol–water partition coefficient (Wildman–Crippen LogP) is 3.90. The third-order valence-corrected chi connectivity index (χ3v) is 6.12.